The maximum absolute atomic E-state index is 12.8. The van der Waals surface area contributed by atoms with E-state index in [9.17, 15) is 19.1 Å². The van der Waals surface area contributed by atoms with Gasteiger partial charge >= 0.3 is 0 Å². The Bertz CT molecular complexity index is 674. The highest BCUT2D eigenvalue weighted by molar-refractivity contribution is 8.00. The quantitative estimate of drug-likeness (QED) is 0.765. The third-order valence-corrected chi connectivity index (χ3v) is 3.48. The van der Waals surface area contributed by atoms with Crippen molar-refractivity contribution in [3.05, 3.63) is 41.5 Å². The van der Waals surface area contributed by atoms with Crippen LogP contribution in [0.5, 0.6) is 0 Å². The molecule has 2 aromatic rings. The zero-order valence-electron chi connectivity index (χ0n) is 11.4. The molecule has 0 bridgehead atoms. The van der Waals surface area contributed by atoms with E-state index in [-0.39, 0.29) is 17.7 Å². The number of carboxylic acids is 1. The van der Waals surface area contributed by atoms with Crippen LogP contribution >= 0.6 is 11.8 Å². The number of aliphatic carboxylic acids is 1. The molecule has 1 amide bonds. The zero-order valence-corrected chi connectivity index (χ0v) is 12.2. The molecule has 0 unspecified atom stereocenters. The van der Waals surface area contributed by atoms with Crippen molar-refractivity contribution in [1.29, 1.82) is 0 Å². The molecular formula is C13H11FN3O4S-. The molecule has 1 N–H and O–H groups in total. The lowest BCUT2D eigenvalue weighted by Gasteiger charge is -2.07. The van der Waals surface area contributed by atoms with Crippen molar-refractivity contribution >= 4 is 23.6 Å². The van der Waals surface area contributed by atoms with Gasteiger partial charge in [-0.3, -0.25) is 4.79 Å². The fourth-order valence-electron chi connectivity index (χ4n) is 1.42. The van der Waals surface area contributed by atoms with Crippen LogP contribution in [0.15, 0.2) is 33.9 Å². The average Bonchev–Trinajstić information content (AvgIpc) is 2.93. The summed E-state index contributed by atoms with van der Waals surface area (Å²) in [5.41, 5.74) is 0.293. The first-order valence-electron chi connectivity index (χ1n) is 6.19. The Labute approximate surface area is 128 Å². The fraction of sp³-hybridized carbons (Fsp3) is 0.231. The molecule has 22 heavy (non-hydrogen) atoms. The number of hydrogen-bond donors (Lipinski definition) is 1. The van der Waals surface area contributed by atoms with Gasteiger partial charge < -0.3 is 19.6 Å². The minimum atomic E-state index is -1.24. The lowest BCUT2D eigenvalue weighted by atomic mass is 10.2. The first kappa shape index (κ1) is 16.0. The number of nitrogens with one attached hydrogen (secondary N) is 1. The van der Waals surface area contributed by atoms with Crippen molar-refractivity contribution in [2.75, 3.05) is 0 Å². The van der Waals surface area contributed by atoms with Gasteiger partial charge in [0, 0.05) is 5.56 Å². The second kappa shape index (κ2) is 7.03. The van der Waals surface area contributed by atoms with Gasteiger partial charge in [-0.1, -0.05) is 11.8 Å². The summed E-state index contributed by atoms with van der Waals surface area (Å²) in [5, 5.41) is 19.7. The summed E-state index contributed by atoms with van der Waals surface area (Å²) in [5.74, 6) is -1.97. The summed E-state index contributed by atoms with van der Waals surface area (Å²) < 4.78 is 17.9. The molecule has 0 aliphatic carbocycles. The summed E-state index contributed by atoms with van der Waals surface area (Å²) in [7, 11) is 0. The Balaban J connectivity index is 1.89. The number of aromatic nitrogens is 2. The van der Waals surface area contributed by atoms with E-state index in [1.807, 2.05) is 0 Å². The Morgan fingerprint density at radius 2 is 2.05 bits per heavy atom. The first-order chi connectivity index (χ1) is 10.5. The zero-order chi connectivity index (χ0) is 16.1. The lowest BCUT2D eigenvalue weighted by molar-refractivity contribution is -0.304. The van der Waals surface area contributed by atoms with E-state index < -0.39 is 22.9 Å². The van der Waals surface area contributed by atoms with Crippen LogP contribution in [0.4, 0.5) is 4.39 Å². The monoisotopic (exact) mass is 324 g/mol. The van der Waals surface area contributed by atoms with Crippen LogP contribution < -0.4 is 10.4 Å². The number of nitrogens with zero attached hydrogens (tertiary/aromatic N) is 2. The van der Waals surface area contributed by atoms with Crippen molar-refractivity contribution in [1.82, 2.24) is 15.5 Å². The second-order valence-electron chi connectivity index (χ2n) is 4.23. The topological polar surface area (TPSA) is 108 Å². The molecule has 1 aromatic heterocycles. The average molecular weight is 324 g/mol. The number of halogens is 1. The molecule has 9 heteroatoms. The van der Waals surface area contributed by atoms with Crippen LogP contribution in [-0.2, 0) is 11.3 Å². The van der Waals surface area contributed by atoms with Crippen LogP contribution in [0.25, 0.3) is 0 Å². The molecule has 0 saturated carbocycles. The number of thioether (sulfide) groups is 1. The van der Waals surface area contributed by atoms with E-state index in [1.54, 1.807) is 0 Å². The summed E-state index contributed by atoms with van der Waals surface area (Å²) in [4.78, 5) is 22.4. The van der Waals surface area contributed by atoms with E-state index >= 15 is 0 Å². The van der Waals surface area contributed by atoms with Crippen molar-refractivity contribution in [2.24, 2.45) is 0 Å². The largest absolute Gasteiger partial charge is 0.549 e. The minimum absolute atomic E-state index is 0.0243. The maximum atomic E-state index is 12.8. The molecule has 0 radical (unpaired) electrons. The summed E-state index contributed by atoms with van der Waals surface area (Å²) in [6.45, 7) is 1.41. The van der Waals surface area contributed by atoms with Crippen LogP contribution in [0.2, 0.25) is 0 Å². The summed E-state index contributed by atoms with van der Waals surface area (Å²) >= 11 is 0.848. The Morgan fingerprint density at radius 1 is 1.36 bits per heavy atom. The Hall–Kier alpha value is -2.42. The molecule has 0 fully saturated rings. The molecule has 0 saturated heterocycles. The summed E-state index contributed by atoms with van der Waals surface area (Å²) in [6.07, 6.45) is 0. The third-order valence-electron chi connectivity index (χ3n) is 2.56. The van der Waals surface area contributed by atoms with Crippen molar-refractivity contribution in [3.63, 3.8) is 0 Å². The van der Waals surface area contributed by atoms with E-state index in [1.165, 1.54) is 31.2 Å². The molecule has 1 aromatic carbocycles. The molecule has 0 aliphatic heterocycles. The number of rotatable bonds is 6. The molecule has 2 rings (SSSR count). The van der Waals surface area contributed by atoms with Crippen LogP contribution in [-0.4, -0.2) is 27.3 Å². The van der Waals surface area contributed by atoms with Gasteiger partial charge in [0.05, 0.1) is 17.8 Å². The van der Waals surface area contributed by atoms with Crippen molar-refractivity contribution < 1.29 is 23.5 Å². The van der Waals surface area contributed by atoms with E-state index in [0.717, 1.165) is 11.8 Å². The molecule has 0 aliphatic rings. The van der Waals surface area contributed by atoms with Crippen molar-refractivity contribution in [3.8, 4) is 0 Å². The number of carboxylic acid groups (broad SMARTS) is 1. The number of benzene rings is 1. The first-order valence-corrected chi connectivity index (χ1v) is 7.07. The molecular weight excluding hydrogens is 313 g/mol. The second-order valence-corrected chi connectivity index (χ2v) is 5.52. The van der Waals surface area contributed by atoms with Gasteiger partial charge in [-0.25, -0.2) is 4.39 Å². The van der Waals surface area contributed by atoms with Crippen LogP contribution in [0.3, 0.4) is 0 Å². The van der Waals surface area contributed by atoms with Gasteiger partial charge in [0.2, 0.25) is 5.89 Å². The highest BCUT2D eigenvalue weighted by atomic mass is 32.2. The van der Waals surface area contributed by atoms with Gasteiger partial charge in [0.25, 0.3) is 11.1 Å². The van der Waals surface area contributed by atoms with Gasteiger partial charge in [0.1, 0.15) is 5.82 Å². The summed E-state index contributed by atoms with van der Waals surface area (Å²) in [6, 6.07) is 5.05. The van der Waals surface area contributed by atoms with E-state index in [0.29, 0.717) is 5.56 Å². The van der Waals surface area contributed by atoms with Crippen LogP contribution in [0, 0.1) is 5.82 Å². The lowest BCUT2D eigenvalue weighted by Crippen LogP contribution is -2.31. The maximum Gasteiger partial charge on any atom is 0.277 e. The third kappa shape index (κ3) is 4.29. The Kier molecular flexibility index (Phi) is 5.10. The molecule has 1 atom stereocenters. The normalized spacial score (nSPS) is 11.9. The van der Waals surface area contributed by atoms with Gasteiger partial charge in [-0.05, 0) is 31.2 Å². The standard InChI is InChI=1S/C13H12FN3O4S/c1-7(12(19)20)22-13-17-16-10(21-13)6-15-11(18)8-2-4-9(14)5-3-8/h2-5,7H,6H2,1H3,(H,15,18)(H,19,20)/p-1/t7-/m0/s1. The molecule has 116 valence electrons. The van der Waals surface area contributed by atoms with E-state index in [4.69, 9.17) is 4.42 Å². The molecule has 0 spiro atoms. The van der Waals surface area contributed by atoms with E-state index in [2.05, 4.69) is 15.5 Å². The van der Waals surface area contributed by atoms with Gasteiger partial charge in [-0.2, -0.15) is 0 Å². The number of carbonyl (C=O) groups is 2. The predicted octanol–water partition coefficient (Wildman–Crippen LogP) is 0.369. The highest BCUT2D eigenvalue weighted by Crippen LogP contribution is 2.21. The number of hydrogen-bond acceptors (Lipinski definition) is 7. The van der Waals surface area contributed by atoms with Crippen LogP contribution in [0.1, 0.15) is 23.2 Å². The Morgan fingerprint density at radius 3 is 2.68 bits per heavy atom. The SMILES string of the molecule is C[C@H](Sc1nnc(CNC(=O)c2ccc(F)cc2)o1)C(=O)[O-]. The smallest absolute Gasteiger partial charge is 0.277 e. The van der Waals surface area contributed by atoms with Crippen molar-refractivity contribution in [2.45, 2.75) is 23.9 Å². The number of amides is 1. The molecule has 7 nitrogen and oxygen atoms in total. The predicted molar refractivity (Wildman–Crippen MR) is 72.2 cm³/mol. The van der Waals surface area contributed by atoms with Gasteiger partial charge in [0.15, 0.2) is 0 Å². The molecule has 1 heterocycles. The minimum Gasteiger partial charge on any atom is -0.549 e. The van der Waals surface area contributed by atoms with Gasteiger partial charge in [-0.15, -0.1) is 10.2 Å². The fourth-order valence-corrected chi connectivity index (χ4v) is 2.05. The number of carbonyl (C=O) groups excluding carboxylic acids is 2. The highest BCUT2D eigenvalue weighted by Gasteiger charge is 2.13.